The average Bonchev–Trinajstić information content (AvgIpc) is 3.31. The molecule has 0 spiro atoms. The molecule has 0 bridgehead atoms. The highest BCUT2D eigenvalue weighted by Crippen LogP contribution is 2.35. The number of para-hydroxylation sites is 1. The number of rotatable bonds is 7. The molecule has 0 aliphatic heterocycles. The molecule has 4 aromatic rings. The summed E-state index contributed by atoms with van der Waals surface area (Å²) in [7, 11) is 0. The number of hydrogen-bond acceptors (Lipinski definition) is 6. The Morgan fingerprint density at radius 2 is 1.84 bits per heavy atom. The number of halogens is 2. The number of nitrogens with one attached hydrogen (secondary N) is 1. The topological polar surface area (TPSA) is 72.7 Å². The summed E-state index contributed by atoms with van der Waals surface area (Å²) in [5.41, 5.74) is 1.99. The fourth-order valence-corrected chi connectivity index (χ4v) is 5.30. The molecule has 162 valence electrons. The third-order valence-electron chi connectivity index (χ3n) is 4.86. The summed E-state index contributed by atoms with van der Waals surface area (Å²) in [6.45, 7) is 0. The molecule has 5 rings (SSSR count). The third kappa shape index (κ3) is 4.54. The van der Waals surface area contributed by atoms with Crippen LogP contribution >= 0.6 is 46.3 Å². The minimum Gasteiger partial charge on any atom is -0.348 e. The Kier molecular flexibility index (Phi) is 6.19. The second-order valence-corrected chi connectivity index (χ2v) is 9.94. The molecule has 0 saturated heterocycles. The molecular weight excluding hydrogens is 485 g/mol. The molecule has 2 aromatic carbocycles. The molecule has 0 atom stereocenters. The predicted molar refractivity (Wildman–Crippen MR) is 129 cm³/mol. The zero-order valence-corrected chi connectivity index (χ0v) is 19.8. The molecule has 1 fully saturated rings. The molecule has 32 heavy (non-hydrogen) atoms. The number of aromatic nitrogens is 4. The first-order chi connectivity index (χ1) is 15.6. The van der Waals surface area contributed by atoms with Crippen molar-refractivity contribution < 1.29 is 4.79 Å². The van der Waals surface area contributed by atoms with Crippen LogP contribution in [-0.4, -0.2) is 31.7 Å². The van der Waals surface area contributed by atoms with E-state index >= 15 is 0 Å². The lowest BCUT2D eigenvalue weighted by atomic mass is 10.2. The zero-order chi connectivity index (χ0) is 22.1. The molecule has 0 radical (unpaired) electrons. The minimum atomic E-state index is -0.111. The Labute approximate surface area is 203 Å². The van der Waals surface area contributed by atoms with E-state index in [0.29, 0.717) is 38.5 Å². The SMILES string of the molecule is O=C(NC1CC1)c1csc(CSc2nnc(-c3ccccc3Cl)n2-c2ccccc2Cl)n1. The number of carbonyl (C=O) groups excluding carboxylic acids is 1. The van der Waals surface area contributed by atoms with Gasteiger partial charge in [0.2, 0.25) is 0 Å². The van der Waals surface area contributed by atoms with Crippen molar-refractivity contribution in [3.8, 4) is 17.1 Å². The number of thiazole rings is 1. The maximum absolute atomic E-state index is 12.2. The van der Waals surface area contributed by atoms with E-state index in [-0.39, 0.29) is 5.91 Å². The number of benzene rings is 2. The summed E-state index contributed by atoms with van der Waals surface area (Å²) in [5.74, 6) is 1.04. The number of thioether (sulfide) groups is 1. The van der Waals surface area contributed by atoms with Crippen LogP contribution in [0.4, 0.5) is 0 Å². The number of nitrogens with zero attached hydrogens (tertiary/aromatic N) is 4. The summed E-state index contributed by atoms with van der Waals surface area (Å²) in [4.78, 5) is 16.7. The van der Waals surface area contributed by atoms with E-state index in [9.17, 15) is 4.79 Å². The van der Waals surface area contributed by atoms with Gasteiger partial charge in [-0.3, -0.25) is 9.36 Å². The van der Waals surface area contributed by atoms with Gasteiger partial charge in [-0.05, 0) is 37.1 Å². The van der Waals surface area contributed by atoms with Crippen LogP contribution in [0.1, 0.15) is 28.3 Å². The van der Waals surface area contributed by atoms with Crippen LogP contribution in [0.15, 0.2) is 59.1 Å². The van der Waals surface area contributed by atoms with Crippen molar-refractivity contribution in [3.05, 3.63) is 74.7 Å². The predicted octanol–water partition coefficient (Wildman–Crippen LogP) is 5.88. The van der Waals surface area contributed by atoms with Crippen molar-refractivity contribution in [1.82, 2.24) is 25.1 Å². The summed E-state index contributed by atoms with van der Waals surface area (Å²) in [5, 5.41) is 16.2. The van der Waals surface area contributed by atoms with E-state index in [1.165, 1.54) is 23.1 Å². The first-order valence-corrected chi connectivity index (χ1v) is 12.6. The van der Waals surface area contributed by atoms with Crippen molar-refractivity contribution in [2.24, 2.45) is 0 Å². The Morgan fingerprint density at radius 3 is 2.59 bits per heavy atom. The van der Waals surface area contributed by atoms with E-state index in [4.69, 9.17) is 23.2 Å². The average molecular weight is 502 g/mol. The number of carbonyl (C=O) groups is 1. The third-order valence-corrected chi connectivity index (χ3v) is 7.48. The van der Waals surface area contributed by atoms with E-state index < -0.39 is 0 Å². The fraction of sp³-hybridized carbons (Fsp3) is 0.182. The van der Waals surface area contributed by atoms with Crippen LogP contribution in [0.25, 0.3) is 17.1 Å². The molecule has 1 aliphatic rings. The van der Waals surface area contributed by atoms with Gasteiger partial charge in [0.25, 0.3) is 5.91 Å². The molecule has 2 heterocycles. The van der Waals surface area contributed by atoms with Gasteiger partial charge in [-0.2, -0.15) is 0 Å². The summed E-state index contributed by atoms with van der Waals surface area (Å²) in [6.07, 6.45) is 2.09. The van der Waals surface area contributed by atoms with Crippen LogP contribution in [-0.2, 0) is 5.75 Å². The van der Waals surface area contributed by atoms with Crippen molar-refractivity contribution in [2.45, 2.75) is 29.8 Å². The smallest absolute Gasteiger partial charge is 0.270 e. The lowest BCUT2D eigenvalue weighted by Crippen LogP contribution is -2.25. The molecular formula is C22H17Cl2N5OS2. The van der Waals surface area contributed by atoms with Crippen LogP contribution in [0, 0.1) is 0 Å². The first-order valence-electron chi connectivity index (χ1n) is 9.93. The standard InChI is InChI=1S/C22H17Cl2N5OS2/c23-15-6-2-1-5-14(15)20-27-28-22(29(20)18-8-4-3-7-16(18)24)32-12-19-26-17(11-31-19)21(30)25-13-9-10-13/h1-8,11,13H,9-10,12H2,(H,25,30). The van der Waals surface area contributed by atoms with Gasteiger partial charge in [-0.1, -0.05) is 59.2 Å². The highest BCUT2D eigenvalue weighted by molar-refractivity contribution is 7.98. The quantitative estimate of drug-likeness (QED) is 0.320. The van der Waals surface area contributed by atoms with Gasteiger partial charge < -0.3 is 5.32 Å². The largest absolute Gasteiger partial charge is 0.348 e. The zero-order valence-electron chi connectivity index (χ0n) is 16.7. The maximum atomic E-state index is 12.2. The second kappa shape index (κ2) is 9.23. The highest BCUT2D eigenvalue weighted by Gasteiger charge is 2.25. The number of amides is 1. The maximum Gasteiger partial charge on any atom is 0.270 e. The van der Waals surface area contributed by atoms with Crippen LogP contribution < -0.4 is 5.32 Å². The lowest BCUT2D eigenvalue weighted by molar-refractivity contribution is 0.0946. The van der Waals surface area contributed by atoms with E-state index in [1.54, 1.807) is 5.38 Å². The Balaban J connectivity index is 1.44. The summed E-state index contributed by atoms with van der Waals surface area (Å²) >= 11 is 15.9. The molecule has 0 unspecified atom stereocenters. The van der Waals surface area contributed by atoms with E-state index in [0.717, 1.165) is 29.1 Å². The van der Waals surface area contributed by atoms with Crippen molar-refractivity contribution in [3.63, 3.8) is 0 Å². The molecule has 1 saturated carbocycles. The summed E-state index contributed by atoms with van der Waals surface area (Å²) < 4.78 is 1.91. The number of hydrogen-bond donors (Lipinski definition) is 1. The molecule has 6 nitrogen and oxygen atoms in total. The van der Waals surface area contributed by atoms with Crippen molar-refractivity contribution >= 4 is 52.2 Å². The Morgan fingerprint density at radius 1 is 1.09 bits per heavy atom. The van der Waals surface area contributed by atoms with Gasteiger partial charge in [0.05, 0.1) is 21.5 Å². The summed E-state index contributed by atoms with van der Waals surface area (Å²) in [6, 6.07) is 15.3. The lowest BCUT2D eigenvalue weighted by Gasteiger charge is -2.12. The Hall–Kier alpha value is -2.39. The first kappa shape index (κ1) is 21.5. The molecule has 10 heteroatoms. The second-order valence-electron chi connectivity index (χ2n) is 7.24. The van der Waals surface area contributed by atoms with Gasteiger partial charge in [0.15, 0.2) is 11.0 Å². The van der Waals surface area contributed by atoms with Gasteiger partial charge >= 0.3 is 0 Å². The monoisotopic (exact) mass is 501 g/mol. The Bertz CT molecular complexity index is 1280. The van der Waals surface area contributed by atoms with Crippen LogP contribution in [0.3, 0.4) is 0 Å². The van der Waals surface area contributed by atoms with Gasteiger partial charge in [-0.15, -0.1) is 21.5 Å². The van der Waals surface area contributed by atoms with Gasteiger partial charge in [-0.25, -0.2) is 4.98 Å². The molecule has 1 amide bonds. The highest BCUT2D eigenvalue weighted by atomic mass is 35.5. The molecule has 1 N–H and O–H groups in total. The molecule has 1 aliphatic carbocycles. The van der Waals surface area contributed by atoms with Crippen molar-refractivity contribution in [1.29, 1.82) is 0 Å². The normalized spacial score (nSPS) is 13.3. The fourth-order valence-electron chi connectivity index (χ4n) is 3.13. The van der Waals surface area contributed by atoms with E-state index in [2.05, 4.69) is 20.5 Å². The van der Waals surface area contributed by atoms with E-state index in [1.807, 2.05) is 53.1 Å². The minimum absolute atomic E-state index is 0.111. The molecule has 2 aromatic heterocycles. The van der Waals surface area contributed by atoms with Gasteiger partial charge in [0.1, 0.15) is 10.7 Å². The van der Waals surface area contributed by atoms with Crippen LogP contribution in [0.5, 0.6) is 0 Å². The van der Waals surface area contributed by atoms with Crippen LogP contribution in [0.2, 0.25) is 10.0 Å². The van der Waals surface area contributed by atoms with Crippen molar-refractivity contribution in [2.75, 3.05) is 0 Å². The van der Waals surface area contributed by atoms with Gasteiger partial charge in [0, 0.05) is 17.0 Å².